The van der Waals surface area contributed by atoms with Crippen molar-refractivity contribution in [1.82, 2.24) is 5.32 Å². The quantitative estimate of drug-likeness (QED) is 0.902. The van der Waals surface area contributed by atoms with Gasteiger partial charge in [-0.05, 0) is 24.5 Å². The third kappa shape index (κ3) is 2.58. The van der Waals surface area contributed by atoms with Gasteiger partial charge < -0.3 is 5.32 Å². The van der Waals surface area contributed by atoms with Gasteiger partial charge in [-0.2, -0.15) is 0 Å². The zero-order valence-corrected chi connectivity index (χ0v) is 11.8. The van der Waals surface area contributed by atoms with E-state index in [0.717, 1.165) is 18.6 Å². The Hall–Kier alpha value is -0.520. The number of rotatable bonds is 2. The Bertz CT molecular complexity index is 528. The number of nitrogens with one attached hydrogen (secondary N) is 1. The molecule has 1 N–H and O–H groups in total. The Balaban J connectivity index is 1.65. The number of thioether (sulfide) groups is 1. The van der Waals surface area contributed by atoms with Crippen molar-refractivity contribution in [3.63, 3.8) is 0 Å². The molecule has 98 valence electrons. The number of hydrogen-bond donors (Lipinski definition) is 1. The second-order valence-electron chi connectivity index (χ2n) is 4.99. The van der Waals surface area contributed by atoms with Crippen molar-refractivity contribution in [1.29, 1.82) is 0 Å². The second kappa shape index (κ2) is 4.87. The first-order valence-electron chi connectivity index (χ1n) is 6.32. The Labute approximate surface area is 112 Å². The topological polar surface area (TPSA) is 46.2 Å². The van der Waals surface area contributed by atoms with Gasteiger partial charge in [0.1, 0.15) is 9.84 Å². The largest absolute Gasteiger partial charge is 0.306 e. The average molecular weight is 283 g/mol. The fourth-order valence-electron chi connectivity index (χ4n) is 2.64. The average Bonchev–Trinajstić information content (AvgIpc) is 2.76. The van der Waals surface area contributed by atoms with Crippen LogP contribution in [0.5, 0.6) is 0 Å². The highest BCUT2D eigenvalue weighted by Gasteiger charge is 2.28. The first kappa shape index (κ1) is 12.5. The molecule has 1 aromatic rings. The van der Waals surface area contributed by atoms with Crippen molar-refractivity contribution in [3.8, 4) is 0 Å². The molecule has 0 amide bonds. The fraction of sp³-hybridized carbons (Fsp3) is 0.538. The summed E-state index contributed by atoms with van der Waals surface area (Å²) in [5.74, 6) is 1.74. The van der Waals surface area contributed by atoms with Crippen LogP contribution in [-0.4, -0.2) is 31.7 Å². The van der Waals surface area contributed by atoms with E-state index in [0.29, 0.717) is 23.6 Å². The molecule has 18 heavy (non-hydrogen) atoms. The molecule has 0 radical (unpaired) electrons. The molecular formula is C13H17NO2S2. The Morgan fingerprint density at radius 2 is 1.89 bits per heavy atom. The van der Waals surface area contributed by atoms with Gasteiger partial charge in [-0.1, -0.05) is 18.2 Å². The highest BCUT2D eigenvalue weighted by atomic mass is 32.2. The van der Waals surface area contributed by atoms with E-state index in [9.17, 15) is 8.42 Å². The summed E-state index contributed by atoms with van der Waals surface area (Å²) in [6, 6.07) is 9.22. The van der Waals surface area contributed by atoms with E-state index < -0.39 is 9.84 Å². The first-order chi connectivity index (χ1) is 8.64. The normalized spacial score (nSPS) is 27.0. The van der Waals surface area contributed by atoms with Crippen LogP contribution >= 0.6 is 11.8 Å². The van der Waals surface area contributed by atoms with Gasteiger partial charge in [0.2, 0.25) is 0 Å². The summed E-state index contributed by atoms with van der Waals surface area (Å²) < 4.78 is 22.8. The molecule has 2 aliphatic rings. The van der Waals surface area contributed by atoms with Crippen LogP contribution in [0.3, 0.4) is 0 Å². The summed E-state index contributed by atoms with van der Waals surface area (Å²) in [6.45, 7) is 0. The highest BCUT2D eigenvalue weighted by molar-refractivity contribution is 7.99. The van der Waals surface area contributed by atoms with Gasteiger partial charge in [0.05, 0.1) is 11.5 Å². The number of benzene rings is 1. The first-order valence-corrected chi connectivity index (χ1v) is 9.13. The van der Waals surface area contributed by atoms with E-state index in [4.69, 9.17) is 0 Å². The lowest BCUT2D eigenvalue weighted by molar-refractivity contribution is 0.424. The van der Waals surface area contributed by atoms with E-state index in [2.05, 4.69) is 29.6 Å². The van der Waals surface area contributed by atoms with Crippen LogP contribution in [0.4, 0.5) is 0 Å². The molecule has 0 saturated carbocycles. The van der Waals surface area contributed by atoms with Crippen LogP contribution in [0.1, 0.15) is 24.4 Å². The Morgan fingerprint density at radius 1 is 1.17 bits per heavy atom. The van der Waals surface area contributed by atoms with Crippen LogP contribution in [-0.2, 0) is 9.84 Å². The molecule has 1 saturated heterocycles. The molecule has 2 aliphatic heterocycles. The maximum Gasteiger partial charge on any atom is 0.150 e. The molecule has 0 bridgehead atoms. The number of sulfone groups is 1. The summed E-state index contributed by atoms with van der Waals surface area (Å²) in [7, 11) is -2.76. The van der Waals surface area contributed by atoms with Crippen molar-refractivity contribution in [2.75, 3.05) is 17.3 Å². The van der Waals surface area contributed by atoms with Gasteiger partial charge in [-0.3, -0.25) is 0 Å². The summed E-state index contributed by atoms with van der Waals surface area (Å²) in [5, 5.41) is 3.63. The molecule has 0 aliphatic carbocycles. The Kier molecular flexibility index (Phi) is 3.38. The molecule has 1 atom stereocenters. The number of hydrogen-bond acceptors (Lipinski definition) is 4. The summed E-state index contributed by atoms with van der Waals surface area (Å²) in [5.41, 5.74) is 1.37. The van der Waals surface area contributed by atoms with Crippen molar-refractivity contribution >= 4 is 21.6 Å². The third-order valence-electron chi connectivity index (χ3n) is 3.69. The van der Waals surface area contributed by atoms with E-state index in [1.54, 1.807) is 0 Å². The second-order valence-corrected chi connectivity index (χ2v) is 8.36. The van der Waals surface area contributed by atoms with Gasteiger partial charge >= 0.3 is 0 Å². The van der Waals surface area contributed by atoms with Crippen LogP contribution in [0.25, 0.3) is 0 Å². The van der Waals surface area contributed by atoms with Crippen molar-refractivity contribution in [2.45, 2.75) is 29.8 Å². The summed E-state index contributed by atoms with van der Waals surface area (Å²) in [6.07, 6.45) is 1.51. The van der Waals surface area contributed by atoms with Gasteiger partial charge in [-0.15, -0.1) is 11.8 Å². The van der Waals surface area contributed by atoms with Gasteiger partial charge in [0.15, 0.2) is 0 Å². The third-order valence-corrected chi connectivity index (χ3v) is 6.59. The molecule has 0 aromatic heterocycles. The lowest BCUT2D eigenvalue weighted by atomic mass is 10.1. The maximum atomic E-state index is 11.4. The molecule has 5 heteroatoms. The van der Waals surface area contributed by atoms with Crippen LogP contribution in [0, 0.1) is 0 Å². The molecule has 0 spiro atoms. The molecule has 3 nitrogen and oxygen atoms in total. The zero-order chi connectivity index (χ0) is 12.6. The molecule has 2 heterocycles. The van der Waals surface area contributed by atoms with E-state index in [1.165, 1.54) is 10.5 Å². The van der Waals surface area contributed by atoms with Crippen LogP contribution in [0.15, 0.2) is 29.2 Å². The van der Waals surface area contributed by atoms with E-state index in [-0.39, 0.29) is 0 Å². The van der Waals surface area contributed by atoms with E-state index in [1.807, 2.05) is 11.8 Å². The smallest absolute Gasteiger partial charge is 0.150 e. The zero-order valence-electron chi connectivity index (χ0n) is 10.1. The molecular weight excluding hydrogens is 266 g/mol. The minimum atomic E-state index is -2.76. The predicted octanol–water partition coefficient (Wildman–Crippen LogP) is 2.00. The summed E-state index contributed by atoms with van der Waals surface area (Å²) >= 11 is 1.88. The van der Waals surface area contributed by atoms with Crippen molar-refractivity contribution in [3.05, 3.63) is 29.8 Å². The minimum Gasteiger partial charge on any atom is -0.306 e. The molecule has 1 unspecified atom stereocenters. The SMILES string of the molecule is O=S1(=O)CCC(NC2CSc3ccccc32)CC1. The maximum absolute atomic E-state index is 11.4. The lowest BCUT2D eigenvalue weighted by Crippen LogP contribution is -2.39. The van der Waals surface area contributed by atoms with Crippen LogP contribution in [0.2, 0.25) is 0 Å². The molecule has 1 fully saturated rings. The lowest BCUT2D eigenvalue weighted by Gasteiger charge is -2.26. The van der Waals surface area contributed by atoms with Crippen molar-refractivity contribution in [2.24, 2.45) is 0 Å². The van der Waals surface area contributed by atoms with Gasteiger partial charge in [0, 0.05) is 22.7 Å². The predicted molar refractivity (Wildman–Crippen MR) is 74.7 cm³/mol. The molecule has 1 aromatic carbocycles. The Morgan fingerprint density at radius 3 is 2.67 bits per heavy atom. The van der Waals surface area contributed by atoms with Gasteiger partial charge in [-0.25, -0.2) is 8.42 Å². The molecule has 3 rings (SSSR count). The van der Waals surface area contributed by atoms with Crippen LogP contribution < -0.4 is 5.32 Å². The monoisotopic (exact) mass is 283 g/mol. The minimum absolute atomic E-state index is 0.339. The van der Waals surface area contributed by atoms with E-state index >= 15 is 0 Å². The van der Waals surface area contributed by atoms with Gasteiger partial charge in [0.25, 0.3) is 0 Å². The fourth-order valence-corrected chi connectivity index (χ4v) is 5.31. The standard InChI is InChI=1S/C13H17NO2S2/c15-18(16)7-5-10(6-8-18)14-12-9-17-13-4-2-1-3-11(12)13/h1-4,10,12,14H,5-9H2. The highest BCUT2D eigenvalue weighted by Crippen LogP contribution is 2.38. The van der Waals surface area contributed by atoms with Crippen molar-refractivity contribution < 1.29 is 8.42 Å². The summed E-state index contributed by atoms with van der Waals surface area (Å²) in [4.78, 5) is 1.36. The number of fused-ring (bicyclic) bond motifs is 1.